The summed E-state index contributed by atoms with van der Waals surface area (Å²) in [5, 5.41) is 1.09. The van der Waals surface area contributed by atoms with Crippen LogP contribution in [0.1, 0.15) is 25.7 Å². The number of hydrogen-bond donors (Lipinski definition) is 0. The Morgan fingerprint density at radius 3 is 1.75 bits per heavy atom. The average Bonchev–Trinajstić information content (AvgIpc) is 2.42. The Kier molecular flexibility index (Phi) is 4.06. The first-order valence-corrected chi connectivity index (χ1v) is 5.77. The third kappa shape index (κ3) is 3.16. The molecule has 0 amide bonds. The molecule has 1 aliphatic carbocycles. The quantitative estimate of drug-likeness (QED) is 0.621. The van der Waals surface area contributed by atoms with Crippen LogP contribution in [-0.4, -0.2) is 9.97 Å². The number of nitrogens with zero attached hydrogens (tertiary/aromatic N) is 2. The number of allylic oxidation sites excluding steroid dienone is 2. The Labute approximate surface area is 96.1 Å². The van der Waals surface area contributed by atoms with Gasteiger partial charge in [0.05, 0.1) is 0 Å². The lowest BCUT2D eigenvalue weighted by Crippen LogP contribution is -1.78. The number of fused-ring (bicyclic) bond motifs is 1. The second-order valence-corrected chi connectivity index (χ2v) is 3.81. The zero-order chi connectivity index (χ0) is 11.1. The molecule has 82 valence electrons. The molecule has 2 aromatic heterocycles. The monoisotopic (exact) mass is 212 g/mol. The molecule has 0 saturated heterocycles. The maximum atomic E-state index is 4.07. The van der Waals surface area contributed by atoms with Crippen LogP contribution in [0.2, 0.25) is 0 Å². The molecule has 0 radical (unpaired) electrons. The highest BCUT2D eigenvalue weighted by atomic mass is 14.8. The van der Waals surface area contributed by atoms with Gasteiger partial charge in [-0.2, -0.15) is 0 Å². The van der Waals surface area contributed by atoms with Crippen LogP contribution < -0.4 is 0 Å². The average molecular weight is 212 g/mol. The molecule has 2 nitrogen and oxygen atoms in total. The lowest BCUT2D eigenvalue weighted by Gasteiger charge is -1.97. The highest BCUT2D eigenvalue weighted by molar-refractivity contribution is 5.73. The predicted octanol–water partition coefficient (Wildman–Crippen LogP) is 3.75. The van der Waals surface area contributed by atoms with Crippen molar-refractivity contribution in [3.8, 4) is 0 Å². The van der Waals surface area contributed by atoms with Crippen LogP contribution >= 0.6 is 0 Å². The molecule has 0 spiro atoms. The summed E-state index contributed by atoms with van der Waals surface area (Å²) in [6, 6.07) is 7.80. The van der Waals surface area contributed by atoms with Gasteiger partial charge in [0.2, 0.25) is 0 Å². The smallest absolute Gasteiger partial charge is 0.159 e. The number of rotatable bonds is 0. The summed E-state index contributed by atoms with van der Waals surface area (Å²) in [4.78, 5) is 8.14. The van der Waals surface area contributed by atoms with Gasteiger partial charge in [0.15, 0.2) is 5.65 Å². The van der Waals surface area contributed by atoms with Crippen molar-refractivity contribution < 1.29 is 0 Å². The minimum absolute atomic E-state index is 0.810. The predicted molar refractivity (Wildman–Crippen MR) is 67.1 cm³/mol. The summed E-state index contributed by atoms with van der Waals surface area (Å²) in [5.41, 5.74) is 0.810. The molecule has 0 unspecified atom stereocenters. The second-order valence-electron chi connectivity index (χ2n) is 3.81. The van der Waals surface area contributed by atoms with Gasteiger partial charge in [-0.25, -0.2) is 9.97 Å². The van der Waals surface area contributed by atoms with Crippen LogP contribution in [0.15, 0.2) is 48.8 Å². The molecule has 0 bridgehead atoms. The van der Waals surface area contributed by atoms with Gasteiger partial charge < -0.3 is 0 Å². The van der Waals surface area contributed by atoms with E-state index >= 15 is 0 Å². The zero-order valence-electron chi connectivity index (χ0n) is 9.34. The first-order valence-electron chi connectivity index (χ1n) is 5.77. The van der Waals surface area contributed by atoms with Crippen molar-refractivity contribution in [1.82, 2.24) is 9.97 Å². The van der Waals surface area contributed by atoms with E-state index < -0.39 is 0 Å². The van der Waals surface area contributed by atoms with Crippen molar-refractivity contribution in [2.24, 2.45) is 0 Å². The lowest BCUT2D eigenvalue weighted by atomic mass is 10.1. The van der Waals surface area contributed by atoms with Gasteiger partial charge in [-0.05, 0) is 49.9 Å². The standard InChI is InChI=1S/C8H6N2.C6H10/c1-3-7-4-2-6-10-8(7)9-5-1;1-2-4-6-5-3-1/h1-6H;1-2H,3-6H2. The van der Waals surface area contributed by atoms with E-state index in [9.17, 15) is 0 Å². The first kappa shape index (κ1) is 10.8. The molecule has 2 heterocycles. The summed E-state index contributed by atoms with van der Waals surface area (Å²) in [6.07, 6.45) is 13.5. The summed E-state index contributed by atoms with van der Waals surface area (Å²) in [7, 11) is 0. The molecule has 2 aromatic rings. The van der Waals surface area contributed by atoms with Crippen molar-refractivity contribution >= 4 is 11.0 Å². The molecule has 0 fully saturated rings. The fraction of sp³-hybridized carbons (Fsp3) is 0.286. The van der Waals surface area contributed by atoms with Crippen LogP contribution in [0.4, 0.5) is 0 Å². The van der Waals surface area contributed by atoms with Gasteiger partial charge in [0.25, 0.3) is 0 Å². The molecular weight excluding hydrogens is 196 g/mol. The zero-order valence-corrected chi connectivity index (χ0v) is 9.34. The van der Waals surface area contributed by atoms with Gasteiger partial charge in [0.1, 0.15) is 0 Å². The van der Waals surface area contributed by atoms with Crippen molar-refractivity contribution in [2.45, 2.75) is 25.7 Å². The fourth-order valence-corrected chi connectivity index (χ4v) is 1.67. The summed E-state index contributed by atoms with van der Waals surface area (Å²) in [5.74, 6) is 0. The number of hydrogen-bond acceptors (Lipinski definition) is 2. The van der Waals surface area contributed by atoms with E-state index in [1.807, 2.05) is 24.3 Å². The molecule has 0 aliphatic heterocycles. The fourth-order valence-electron chi connectivity index (χ4n) is 1.67. The number of pyridine rings is 2. The van der Waals surface area contributed by atoms with E-state index in [1.54, 1.807) is 12.4 Å². The first-order chi connectivity index (χ1) is 7.97. The molecule has 2 heteroatoms. The van der Waals surface area contributed by atoms with Crippen molar-refractivity contribution in [2.75, 3.05) is 0 Å². The maximum absolute atomic E-state index is 4.07. The summed E-state index contributed by atoms with van der Waals surface area (Å²) in [6.45, 7) is 0. The van der Waals surface area contributed by atoms with Crippen LogP contribution in [0.5, 0.6) is 0 Å². The van der Waals surface area contributed by atoms with Gasteiger partial charge >= 0.3 is 0 Å². The molecule has 0 atom stereocenters. The minimum Gasteiger partial charge on any atom is -0.237 e. The molecule has 0 aromatic carbocycles. The van der Waals surface area contributed by atoms with E-state index in [0.717, 1.165) is 11.0 Å². The van der Waals surface area contributed by atoms with Gasteiger partial charge in [-0.1, -0.05) is 12.2 Å². The molecule has 3 rings (SSSR count). The third-order valence-corrected chi connectivity index (χ3v) is 2.53. The van der Waals surface area contributed by atoms with Crippen molar-refractivity contribution in [1.29, 1.82) is 0 Å². The Balaban J connectivity index is 0.000000138. The van der Waals surface area contributed by atoms with E-state index in [0.29, 0.717) is 0 Å². The summed E-state index contributed by atoms with van der Waals surface area (Å²) >= 11 is 0. The SMILES string of the molecule is C1=CCCCC1.c1cnc2ncccc2c1. The molecule has 16 heavy (non-hydrogen) atoms. The van der Waals surface area contributed by atoms with Crippen LogP contribution in [-0.2, 0) is 0 Å². The van der Waals surface area contributed by atoms with E-state index in [-0.39, 0.29) is 0 Å². The van der Waals surface area contributed by atoms with Crippen molar-refractivity contribution in [3.63, 3.8) is 0 Å². The van der Waals surface area contributed by atoms with E-state index in [4.69, 9.17) is 0 Å². The van der Waals surface area contributed by atoms with Crippen LogP contribution in [0, 0.1) is 0 Å². The normalized spacial score (nSPS) is 14.2. The third-order valence-electron chi connectivity index (χ3n) is 2.53. The van der Waals surface area contributed by atoms with E-state index in [1.165, 1.54) is 25.7 Å². The van der Waals surface area contributed by atoms with Gasteiger partial charge in [-0.15, -0.1) is 0 Å². The molecular formula is C14H16N2. The topological polar surface area (TPSA) is 25.8 Å². The Bertz CT molecular complexity index is 390. The van der Waals surface area contributed by atoms with Crippen LogP contribution in [0.3, 0.4) is 0 Å². The molecule has 1 aliphatic rings. The largest absolute Gasteiger partial charge is 0.237 e. The van der Waals surface area contributed by atoms with Gasteiger partial charge in [0, 0.05) is 17.8 Å². The second kappa shape index (κ2) is 6.01. The van der Waals surface area contributed by atoms with E-state index in [2.05, 4.69) is 22.1 Å². The maximum Gasteiger partial charge on any atom is 0.159 e. The van der Waals surface area contributed by atoms with Gasteiger partial charge in [-0.3, -0.25) is 0 Å². The number of aromatic nitrogens is 2. The summed E-state index contributed by atoms with van der Waals surface area (Å²) < 4.78 is 0. The molecule has 0 saturated carbocycles. The molecule has 0 N–H and O–H groups in total. The van der Waals surface area contributed by atoms with Crippen LogP contribution in [0.25, 0.3) is 11.0 Å². The Morgan fingerprint density at radius 1 is 0.812 bits per heavy atom. The Hall–Kier alpha value is -1.70. The highest BCUT2D eigenvalue weighted by Crippen LogP contribution is 2.07. The minimum atomic E-state index is 0.810. The Morgan fingerprint density at radius 2 is 1.38 bits per heavy atom. The van der Waals surface area contributed by atoms with Crippen molar-refractivity contribution in [3.05, 3.63) is 48.8 Å². The highest BCUT2D eigenvalue weighted by Gasteiger charge is 1.88. The lowest BCUT2D eigenvalue weighted by molar-refractivity contribution is 0.730.